The van der Waals surface area contributed by atoms with E-state index in [4.69, 9.17) is 10.7 Å². The summed E-state index contributed by atoms with van der Waals surface area (Å²) in [6, 6.07) is 12.7. The molecule has 4 heteroatoms. The number of halogens is 1. The first-order valence-electron chi connectivity index (χ1n) is 5.51. The first kappa shape index (κ1) is 13.1. The molecule has 0 spiro atoms. The van der Waals surface area contributed by atoms with Crippen molar-refractivity contribution in [1.29, 1.82) is 0 Å². The Labute approximate surface area is 112 Å². The van der Waals surface area contributed by atoms with Crippen LogP contribution >= 0.6 is 10.7 Å². The van der Waals surface area contributed by atoms with Gasteiger partial charge in [-0.25, -0.2) is 8.42 Å². The van der Waals surface area contributed by atoms with Gasteiger partial charge in [0.1, 0.15) is 0 Å². The van der Waals surface area contributed by atoms with Crippen LogP contribution in [0.2, 0.25) is 0 Å². The summed E-state index contributed by atoms with van der Waals surface area (Å²) in [6.07, 6.45) is 0. The molecule has 0 amide bonds. The van der Waals surface area contributed by atoms with E-state index >= 15 is 0 Å². The lowest BCUT2D eigenvalue weighted by atomic mass is 9.97. The van der Waals surface area contributed by atoms with Crippen molar-refractivity contribution in [2.24, 2.45) is 0 Å². The van der Waals surface area contributed by atoms with E-state index in [2.05, 4.69) is 19.9 Å². The SMILES string of the molecule is Cc1cccc(-c2ccc(S(=O)(=O)Cl)cc2)c1C. The first-order valence-corrected chi connectivity index (χ1v) is 7.82. The fraction of sp³-hybridized carbons (Fsp3) is 0.143. The van der Waals surface area contributed by atoms with Crippen molar-refractivity contribution in [3.63, 3.8) is 0 Å². The van der Waals surface area contributed by atoms with Gasteiger partial charge >= 0.3 is 0 Å². The zero-order valence-corrected chi connectivity index (χ0v) is 11.7. The molecule has 2 aromatic rings. The van der Waals surface area contributed by atoms with Crippen LogP contribution < -0.4 is 0 Å². The summed E-state index contributed by atoms with van der Waals surface area (Å²) in [7, 11) is 1.64. The molecule has 0 saturated carbocycles. The summed E-state index contributed by atoms with van der Waals surface area (Å²) in [5.74, 6) is 0. The second-order valence-electron chi connectivity index (χ2n) is 4.21. The molecule has 0 aliphatic carbocycles. The highest BCUT2D eigenvalue weighted by atomic mass is 35.7. The summed E-state index contributed by atoms with van der Waals surface area (Å²) in [5.41, 5.74) is 4.49. The lowest BCUT2D eigenvalue weighted by Gasteiger charge is -2.09. The van der Waals surface area contributed by atoms with Crippen LogP contribution in [0.1, 0.15) is 11.1 Å². The van der Waals surface area contributed by atoms with E-state index in [-0.39, 0.29) is 4.90 Å². The third-order valence-electron chi connectivity index (χ3n) is 3.05. The Morgan fingerprint density at radius 1 is 0.944 bits per heavy atom. The molecule has 0 atom stereocenters. The van der Waals surface area contributed by atoms with Gasteiger partial charge in [-0.05, 0) is 48.2 Å². The smallest absolute Gasteiger partial charge is 0.207 e. The second kappa shape index (κ2) is 4.75. The van der Waals surface area contributed by atoms with Crippen LogP contribution in [0.4, 0.5) is 0 Å². The number of hydrogen-bond acceptors (Lipinski definition) is 2. The maximum absolute atomic E-state index is 11.2. The summed E-state index contributed by atoms with van der Waals surface area (Å²) >= 11 is 0. The average molecular weight is 281 g/mol. The summed E-state index contributed by atoms with van der Waals surface area (Å²) in [6.45, 7) is 4.10. The molecular weight excluding hydrogens is 268 g/mol. The zero-order valence-electron chi connectivity index (χ0n) is 10.1. The minimum atomic E-state index is -3.65. The quantitative estimate of drug-likeness (QED) is 0.782. The van der Waals surface area contributed by atoms with Crippen molar-refractivity contribution in [2.75, 3.05) is 0 Å². The van der Waals surface area contributed by atoms with Crippen molar-refractivity contribution in [3.05, 3.63) is 53.6 Å². The Kier molecular flexibility index (Phi) is 3.46. The largest absolute Gasteiger partial charge is 0.261 e. The average Bonchev–Trinajstić information content (AvgIpc) is 2.32. The highest BCUT2D eigenvalue weighted by molar-refractivity contribution is 8.13. The lowest BCUT2D eigenvalue weighted by Crippen LogP contribution is -1.91. The van der Waals surface area contributed by atoms with E-state index in [1.54, 1.807) is 12.1 Å². The van der Waals surface area contributed by atoms with E-state index in [1.807, 2.05) is 12.1 Å². The van der Waals surface area contributed by atoms with E-state index in [1.165, 1.54) is 23.3 Å². The van der Waals surface area contributed by atoms with Gasteiger partial charge < -0.3 is 0 Å². The molecule has 18 heavy (non-hydrogen) atoms. The monoisotopic (exact) mass is 280 g/mol. The predicted octanol–water partition coefficient (Wildman–Crippen LogP) is 3.90. The highest BCUT2D eigenvalue weighted by Crippen LogP contribution is 2.27. The van der Waals surface area contributed by atoms with Gasteiger partial charge in [0.25, 0.3) is 9.05 Å². The zero-order chi connectivity index (χ0) is 13.3. The molecule has 0 bridgehead atoms. The fourth-order valence-electron chi connectivity index (χ4n) is 1.86. The fourth-order valence-corrected chi connectivity index (χ4v) is 2.63. The van der Waals surface area contributed by atoms with Gasteiger partial charge in [-0.3, -0.25) is 0 Å². The number of benzene rings is 2. The minimum Gasteiger partial charge on any atom is -0.207 e. The molecule has 0 N–H and O–H groups in total. The molecule has 0 radical (unpaired) electrons. The van der Waals surface area contributed by atoms with Crippen LogP contribution in [-0.2, 0) is 9.05 Å². The van der Waals surface area contributed by atoms with Crippen molar-refractivity contribution in [2.45, 2.75) is 18.7 Å². The van der Waals surface area contributed by atoms with Gasteiger partial charge in [0.05, 0.1) is 4.90 Å². The number of aryl methyl sites for hydroxylation is 1. The van der Waals surface area contributed by atoms with E-state index in [9.17, 15) is 8.42 Å². The van der Waals surface area contributed by atoms with Crippen LogP contribution in [0.3, 0.4) is 0 Å². The lowest BCUT2D eigenvalue weighted by molar-refractivity contribution is 0.609. The van der Waals surface area contributed by atoms with E-state index < -0.39 is 9.05 Å². The molecule has 0 fully saturated rings. The van der Waals surface area contributed by atoms with Crippen molar-refractivity contribution >= 4 is 19.7 Å². The van der Waals surface area contributed by atoms with Gasteiger partial charge in [-0.2, -0.15) is 0 Å². The van der Waals surface area contributed by atoms with Crippen LogP contribution in [0, 0.1) is 13.8 Å². The molecule has 0 aliphatic heterocycles. The van der Waals surface area contributed by atoms with Gasteiger partial charge in [0, 0.05) is 10.7 Å². The van der Waals surface area contributed by atoms with Crippen LogP contribution in [0.15, 0.2) is 47.4 Å². The van der Waals surface area contributed by atoms with Crippen molar-refractivity contribution in [1.82, 2.24) is 0 Å². The van der Waals surface area contributed by atoms with Crippen LogP contribution in [-0.4, -0.2) is 8.42 Å². The third-order valence-corrected chi connectivity index (χ3v) is 4.42. The predicted molar refractivity (Wildman–Crippen MR) is 74.4 cm³/mol. The Morgan fingerprint density at radius 3 is 2.11 bits per heavy atom. The third kappa shape index (κ3) is 2.57. The molecule has 0 aromatic heterocycles. The maximum atomic E-state index is 11.2. The van der Waals surface area contributed by atoms with Crippen molar-refractivity contribution < 1.29 is 8.42 Å². The minimum absolute atomic E-state index is 0.123. The first-order chi connectivity index (χ1) is 8.39. The molecule has 2 rings (SSSR count). The normalized spacial score (nSPS) is 11.5. The molecule has 94 valence electrons. The Hall–Kier alpha value is -1.32. The maximum Gasteiger partial charge on any atom is 0.261 e. The molecular formula is C14H13ClO2S. The summed E-state index contributed by atoms with van der Waals surface area (Å²) < 4.78 is 22.3. The van der Waals surface area contributed by atoms with Crippen molar-refractivity contribution in [3.8, 4) is 11.1 Å². The summed E-state index contributed by atoms with van der Waals surface area (Å²) in [5, 5.41) is 0. The molecule has 2 nitrogen and oxygen atoms in total. The second-order valence-corrected chi connectivity index (χ2v) is 6.78. The van der Waals surface area contributed by atoms with E-state index in [0.717, 1.165) is 11.1 Å². The molecule has 0 aliphatic rings. The van der Waals surface area contributed by atoms with Gasteiger partial charge in [-0.1, -0.05) is 30.3 Å². The Morgan fingerprint density at radius 2 is 1.56 bits per heavy atom. The Bertz CT molecular complexity index is 673. The topological polar surface area (TPSA) is 34.1 Å². The number of hydrogen-bond donors (Lipinski definition) is 0. The van der Waals surface area contributed by atoms with Gasteiger partial charge in [0.2, 0.25) is 0 Å². The number of rotatable bonds is 2. The van der Waals surface area contributed by atoms with Gasteiger partial charge in [0.15, 0.2) is 0 Å². The molecule has 0 saturated heterocycles. The van der Waals surface area contributed by atoms with Crippen LogP contribution in [0.5, 0.6) is 0 Å². The summed E-state index contributed by atoms with van der Waals surface area (Å²) in [4.78, 5) is 0.123. The molecule has 2 aromatic carbocycles. The highest BCUT2D eigenvalue weighted by Gasteiger charge is 2.10. The molecule has 0 unspecified atom stereocenters. The van der Waals surface area contributed by atoms with Crippen LogP contribution in [0.25, 0.3) is 11.1 Å². The standard InChI is InChI=1S/C14H13ClO2S/c1-10-4-3-5-14(11(10)2)12-6-8-13(9-7-12)18(15,16)17/h3-9H,1-2H3. The van der Waals surface area contributed by atoms with E-state index in [0.29, 0.717) is 0 Å². The molecule has 0 heterocycles. The Balaban J connectivity index is 2.50. The van der Waals surface area contributed by atoms with Gasteiger partial charge in [-0.15, -0.1) is 0 Å².